The number of aliphatic hydroxyl groups excluding tert-OH is 2. The molecule has 200 valence electrons. The Morgan fingerprint density at radius 1 is 0.892 bits per heavy atom. The van der Waals surface area contributed by atoms with E-state index in [2.05, 4.69) is 31.9 Å². The Kier molecular flexibility index (Phi) is 8.40. The lowest BCUT2D eigenvalue weighted by molar-refractivity contribution is -0.144. The molecule has 4 rings (SSSR count). The molecule has 0 spiro atoms. The highest BCUT2D eigenvalue weighted by atomic mass is 79.9. The van der Waals surface area contributed by atoms with Gasteiger partial charge in [0.1, 0.15) is 23.9 Å². The molecule has 0 aliphatic heterocycles. The summed E-state index contributed by atoms with van der Waals surface area (Å²) in [5.41, 5.74) is 0.954. The average Bonchev–Trinajstić information content (AvgIpc) is 2.75. The molecule has 2 aromatic rings. The van der Waals surface area contributed by atoms with Crippen molar-refractivity contribution in [2.75, 3.05) is 0 Å². The highest BCUT2D eigenvalue weighted by Gasteiger charge is 2.52. The second-order valence-corrected chi connectivity index (χ2v) is 14.1. The third-order valence-electron chi connectivity index (χ3n) is 7.80. The van der Waals surface area contributed by atoms with Gasteiger partial charge in [-0.2, -0.15) is 0 Å². The number of hydrogen-bond acceptors (Lipinski definition) is 5. The number of Topliss-reactive ketones (excluding diaryl/α,β-unsaturated/α-hetero) is 2. The van der Waals surface area contributed by atoms with E-state index < -0.39 is 30.0 Å². The van der Waals surface area contributed by atoms with Crippen LogP contribution in [0.25, 0.3) is 0 Å². The predicted octanol–water partition coefficient (Wildman–Crippen LogP) is 6.61. The molecule has 2 saturated carbocycles. The van der Waals surface area contributed by atoms with Crippen molar-refractivity contribution in [2.45, 2.75) is 78.1 Å². The monoisotopic (exact) mass is 634 g/mol. The Labute approximate surface area is 236 Å². The molecule has 7 heteroatoms. The third-order valence-corrected chi connectivity index (χ3v) is 8.84. The number of hydrogen-bond donors (Lipinski definition) is 2. The third kappa shape index (κ3) is 6.38. The molecule has 5 nitrogen and oxygen atoms in total. The standard InChI is InChI=1S/C30H36Br2O5/c1-29(2)12-21(33)26(22(34)13-29)25(27-23(35)14-30(3,4)15-24(27)36)19-10-18(31)11-20(32)28(19)37-16-17-8-6-5-7-9-17/h5-11,21,23,25-27,33,35H,12-16H2,1-4H3/t21-,23-,25?,26-,27+/m1/s1. The van der Waals surface area contributed by atoms with Gasteiger partial charge >= 0.3 is 0 Å². The zero-order chi connectivity index (χ0) is 27.1. The lowest BCUT2D eigenvalue weighted by Crippen LogP contribution is -2.51. The molecular formula is C30H36Br2O5. The Bertz CT molecular complexity index is 1120. The summed E-state index contributed by atoms with van der Waals surface area (Å²) in [6, 6.07) is 13.5. The quantitative estimate of drug-likeness (QED) is 0.373. The fourth-order valence-corrected chi connectivity index (χ4v) is 7.71. The molecule has 2 aliphatic rings. The molecule has 0 heterocycles. The lowest BCUT2D eigenvalue weighted by atomic mass is 9.58. The molecule has 37 heavy (non-hydrogen) atoms. The zero-order valence-electron chi connectivity index (χ0n) is 21.8. The van der Waals surface area contributed by atoms with Crippen LogP contribution in [0.1, 0.15) is 70.4 Å². The first-order valence-corrected chi connectivity index (χ1v) is 14.4. The van der Waals surface area contributed by atoms with Crippen molar-refractivity contribution in [3.05, 3.63) is 62.5 Å². The number of rotatable bonds is 6. The van der Waals surface area contributed by atoms with E-state index in [-0.39, 0.29) is 22.4 Å². The van der Waals surface area contributed by atoms with Crippen LogP contribution < -0.4 is 4.74 Å². The van der Waals surface area contributed by atoms with Crippen LogP contribution >= 0.6 is 31.9 Å². The number of carbonyl (C=O) groups is 2. The number of halogens is 2. The minimum atomic E-state index is -0.934. The average molecular weight is 636 g/mol. The van der Waals surface area contributed by atoms with Crippen LogP contribution in [0.15, 0.2) is 51.4 Å². The molecule has 2 aliphatic carbocycles. The van der Waals surface area contributed by atoms with Gasteiger partial charge in [0.2, 0.25) is 0 Å². The summed E-state index contributed by atoms with van der Waals surface area (Å²) in [5, 5.41) is 22.7. The van der Waals surface area contributed by atoms with Crippen molar-refractivity contribution in [3.8, 4) is 5.75 Å². The van der Waals surface area contributed by atoms with Crippen LogP contribution in [0.2, 0.25) is 0 Å². The maximum Gasteiger partial charge on any atom is 0.139 e. The van der Waals surface area contributed by atoms with Gasteiger partial charge in [0.15, 0.2) is 0 Å². The van der Waals surface area contributed by atoms with Gasteiger partial charge in [-0.25, -0.2) is 0 Å². The van der Waals surface area contributed by atoms with E-state index >= 15 is 0 Å². The van der Waals surface area contributed by atoms with Gasteiger partial charge in [0.25, 0.3) is 0 Å². The van der Waals surface area contributed by atoms with Gasteiger partial charge < -0.3 is 14.9 Å². The zero-order valence-corrected chi connectivity index (χ0v) is 25.0. The van der Waals surface area contributed by atoms with E-state index in [0.717, 1.165) is 10.0 Å². The maximum atomic E-state index is 13.7. The van der Waals surface area contributed by atoms with Crippen molar-refractivity contribution >= 4 is 43.4 Å². The topological polar surface area (TPSA) is 83.8 Å². The molecule has 5 atom stereocenters. The molecule has 0 saturated heterocycles. The summed E-state index contributed by atoms with van der Waals surface area (Å²) in [5.74, 6) is -2.01. The van der Waals surface area contributed by atoms with Crippen LogP contribution in [0, 0.1) is 22.7 Å². The fourth-order valence-electron chi connectivity index (χ4n) is 6.34. The highest BCUT2D eigenvalue weighted by molar-refractivity contribution is 9.11. The normalized spacial score (nSPS) is 28.1. The summed E-state index contributed by atoms with van der Waals surface area (Å²) < 4.78 is 7.77. The van der Waals surface area contributed by atoms with E-state index in [0.29, 0.717) is 48.1 Å². The minimum Gasteiger partial charge on any atom is -0.487 e. The minimum absolute atomic E-state index is 0.0799. The molecule has 0 amide bonds. The first kappa shape index (κ1) is 28.5. The van der Waals surface area contributed by atoms with Crippen molar-refractivity contribution in [3.63, 3.8) is 0 Å². The van der Waals surface area contributed by atoms with Crippen molar-refractivity contribution in [2.24, 2.45) is 22.7 Å². The van der Waals surface area contributed by atoms with Crippen molar-refractivity contribution in [1.82, 2.24) is 0 Å². The van der Waals surface area contributed by atoms with Gasteiger partial charge in [0, 0.05) is 28.8 Å². The van der Waals surface area contributed by atoms with Gasteiger partial charge in [-0.05, 0) is 57.3 Å². The highest BCUT2D eigenvalue weighted by Crippen LogP contribution is 2.52. The van der Waals surface area contributed by atoms with E-state index in [1.807, 2.05) is 70.2 Å². The molecule has 2 aromatic carbocycles. The molecule has 2 fully saturated rings. The Hall–Kier alpha value is -1.54. The largest absolute Gasteiger partial charge is 0.487 e. The second kappa shape index (κ2) is 10.9. The van der Waals surface area contributed by atoms with Crippen LogP contribution in [0.5, 0.6) is 5.75 Å². The van der Waals surface area contributed by atoms with Crippen molar-refractivity contribution in [1.29, 1.82) is 0 Å². The summed E-state index contributed by atoms with van der Waals surface area (Å²) >= 11 is 7.21. The number of aliphatic hydroxyl groups is 2. The fraction of sp³-hybridized carbons (Fsp3) is 0.533. The first-order valence-electron chi connectivity index (χ1n) is 12.9. The van der Waals surface area contributed by atoms with Gasteiger partial charge in [-0.3, -0.25) is 9.59 Å². The molecular weight excluding hydrogens is 600 g/mol. The summed E-state index contributed by atoms with van der Waals surface area (Å²) in [4.78, 5) is 27.3. The number of benzene rings is 2. The Morgan fingerprint density at radius 2 is 1.41 bits per heavy atom. The summed E-state index contributed by atoms with van der Waals surface area (Å²) in [6.45, 7) is 8.21. The van der Waals surface area contributed by atoms with E-state index in [4.69, 9.17) is 4.74 Å². The van der Waals surface area contributed by atoms with Gasteiger partial charge in [-0.1, -0.05) is 74.0 Å². The molecule has 0 bridgehead atoms. The van der Waals surface area contributed by atoms with Gasteiger partial charge in [0.05, 0.1) is 28.5 Å². The maximum absolute atomic E-state index is 13.7. The molecule has 0 aromatic heterocycles. The summed E-state index contributed by atoms with van der Waals surface area (Å²) in [7, 11) is 0. The Balaban J connectivity index is 1.84. The van der Waals surface area contributed by atoms with Gasteiger partial charge in [-0.15, -0.1) is 0 Å². The van der Waals surface area contributed by atoms with Crippen LogP contribution in [0.3, 0.4) is 0 Å². The first-order chi connectivity index (χ1) is 17.3. The van der Waals surface area contributed by atoms with Crippen LogP contribution in [0.4, 0.5) is 0 Å². The SMILES string of the molecule is CC1(C)CC(=O)[C@H](C(c2cc(Br)cc(Br)c2OCc2ccccc2)[C@@H]2C(=O)CC(C)(C)C[C@H]2O)[C@H](O)C1. The number of carbonyl (C=O) groups excluding carboxylic acids is 2. The molecule has 0 radical (unpaired) electrons. The van der Waals surface area contributed by atoms with Crippen molar-refractivity contribution < 1.29 is 24.5 Å². The molecule has 2 N–H and O–H groups in total. The second-order valence-electron chi connectivity index (χ2n) is 12.3. The van der Waals surface area contributed by atoms with E-state index in [9.17, 15) is 19.8 Å². The van der Waals surface area contributed by atoms with Crippen LogP contribution in [-0.2, 0) is 16.2 Å². The number of ether oxygens (including phenoxy) is 1. The Morgan fingerprint density at radius 3 is 1.89 bits per heavy atom. The predicted molar refractivity (Wildman–Crippen MR) is 150 cm³/mol. The van der Waals surface area contributed by atoms with Crippen LogP contribution in [-0.4, -0.2) is 34.0 Å². The van der Waals surface area contributed by atoms with E-state index in [1.54, 1.807) is 0 Å². The summed E-state index contributed by atoms with van der Waals surface area (Å²) in [6.07, 6.45) is -0.367. The smallest absolute Gasteiger partial charge is 0.139 e. The lowest BCUT2D eigenvalue weighted by Gasteiger charge is -2.46. The number of ketones is 2. The van der Waals surface area contributed by atoms with E-state index in [1.165, 1.54) is 0 Å². The molecule has 1 unspecified atom stereocenters.